The van der Waals surface area contributed by atoms with Crippen LogP contribution >= 0.6 is 0 Å². The predicted octanol–water partition coefficient (Wildman–Crippen LogP) is 5.71. The minimum absolute atomic E-state index is 0.220. The smallest absolute Gasteiger partial charge is 0.220 e. The molecule has 2 aliphatic heterocycles. The van der Waals surface area contributed by atoms with Crippen LogP contribution in [0.1, 0.15) is 162 Å². The van der Waals surface area contributed by atoms with E-state index in [-0.39, 0.29) is 12.5 Å². The number of carbonyl (C=O) groups is 1. The van der Waals surface area contributed by atoms with E-state index in [4.69, 9.17) is 18.9 Å². The average Bonchev–Trinajstić information content (AvgIpc) is 3.28. The second-order valence-electron chi connectivity index (χ2n) is 17.2. The van der Waals surface area contributed by atoms with Crippen LogP contribution in [0.4, 0.5) is 0 Å². The van der Waals surface area contributed by atoms with Crippen molar-refractivity contribution in [3.8, 4) is 0 Å². The molecule has 1 amide bonds. The van der Waals surface area contributed by atoms with Crippen molar-refractivity contribution < 1.29 is 64.6 Å². The lowest BCUT2D eigenvalue weighted by Crippen LogP contribution is -2.65. The van der Waals surface area contributed by atoms with Gasteiger partial charge in [0.15, 0.2) is 12.6 Å². The molecular weight excluding hydrogens is 811 g/mol. The molecule has 12 unspecified atom stereocenters. The summed E-state index contributed by atoms with van der Waals surface area (Å²) in [7, 11) is 0. The van der Waals surface area contributed by atoms with E-state index in [0.29, 0.717) is 12.8 Å². The Labute approximate surface area is 378 Å². The molecule has 63 heavy (non-hydrogen) atoms. The van der Waals surface area contributed by atoms with Gasteiger partial charge in [-0.3, -0.25) is 4.79 Å². The SMILES string of the molecule is CC/C=C\C/C=C\C/C=C\C/C=C\CCCCCCCCCCCCC(=O)NC(COC1OC(CO)C(OC2OC(CO)C(O)C(O)C2O)C(O)C1O)C(O)CCCCCCCC. The highest BCUT2D eigenvalue weighted by Gasteiger charge is 2.51. The van der Waals surface area contributed by atoms with E-state index >= 15 is 0 Å². The third kappa shape index (κ3) is 23.8. The van der Waals surface area contributed by atoms with Gasteiger partial charge in [0.25, 0.3) is 0 Å². The molecule has 0 aromatic heterocycles. The lowest BCUT2D eigenvalue weighted by atomic mass is 9.97. The second kappa shape index (κ2) is 36.1. The highest BCUT2D eigenvalue weighted by molar-refractivity contribution is 5.76. The first kappa shape index (κ1) is 57.1. The Morgan fingerprint density at radius 1 is 0.587 bits per heavy atom. The number of rotatable bonds is 36. The third-order valence-corrected chi connectivity index (χ3v) is 11.8. The van der Waals surface area contributed by atoms with Gasteiger partial charge >= 0.3 is 0 Å². The van der Waals surface area contributed by atoms with Crippen molar-refractivity contribution in [3.05, 3.63) is 48.6 Å². The Kier molecular flexibility index (Phi) is 32.7. The summed E-state index contributed by atoms with van der Waals surface area (Å²) in [6.45, 7) is 2.64. The molecule has 9 N–H and O–H groups in total. The first-order valence-electron chi connectivity index (χ1n) is 24.4. The van der Waals surface area contributed by atoms with Gasteiger partial charge in [0.05, 0.1) is 32.0 Å². The Hall–Kier alpha value is -2.05. The summed E-state index contributed by atoms with van der Waals surface area (Å²) in [6.07, 6.45) is 24.5. The second-order valence-corrected chi connectivity index (χ2v) is 17.2. The fourth-order valence-electron chi connectivity index (χ4n) is 7.81. The molecule has 0 spiro atoms. The molecule has 2 saturated heterocycles. The molecule has 0 bridgehead atoms. The van der Waals surface area contributed by atoms with Crippen molar-refractivity contribution in [1.82, 2.24) is 5.32 Å². The fraction of sp³-hybridized carbons (Fsp3) is 0.816. The van der Waals surface area contributed by atoms with Crippen LogP contribution in [-0.2, 0) is 23.7 Å². The highest BCUT2D eigenvalue weighted by atomic mass is 16.7. The van der Waals surface area contributed by atoms with E-state index in [1.165, 1.54) is 38.5 Å². The van der Waals surface area contributed by atoms with E-state index < -0.39 is 86.8 Å². The van der Waals surface area contributed by atoms with Crippen LogP contribution in [0.25, 0.3) is 0 Å². The van der Waals surface area contributed by atoms with Gasteiger partial charge in [0.1, 0.15) is 48.8 Å². The maximum atomic E-state index is 13.1. The fourth-order valence-corrected chi connectivity index (χ4v) is 7.81. The summed E-state index contributed by atoms with van der Waals surface area (Å²) in [5.74, 6) is -0.220. The zero-order valence-corrected chi connectivity index (χ0v) is 38.6. The van der Waals surface area contributed by atoms with Crippen LogP contribution < -0.4 is 5.32 Å². The number of nitrogens with one attached hydrogen (secondary N) is 1. The maximum Gasteiger partial charge on any atom is 0.220 e. The summed E-state index contributed by atoms with van der Waals surface area (Å²) >= 11 is 0. The number of aliphatic hydroxyl groups excluding tert-OH is 8. The molecule has 14 nitrogen and oxygen atoms in total. The number of ether oxygens (including phenoxy) is 4. The van der Waals surface area contributed by atoms with Gasteiger partial charge in [0, 0.05) is 6.42 Å². The molecule has 0 aliphatic carbocycles. The number of hydrogen-bond donors (Lipinski definition) is 9. The quantitative estimate of drug-likeness (QED) is 0.0272. The third-order valence-electron chi connectivity index (χ3n) is 11.8. The van der Waals surface area contributed by atoms with Crippen molar-refractivity contribution in [3.63, 3.8) is 0 Å². The standard InChI is InChI=1S/C49H87NO13/c1-3-5-7-9-11-12-13-14-15-16-17-18-19-20-21-22-23-24-25-26-27-29-31-33-41(54)50-37(38(53)32-30-28-10-8-6-4-2)36-60-48-46(59)44(57)47(40(35-52)62-48)63-49-45(58)43(56)42(55)39(34-51)61-49/h5,7,11-12,14-15,17-18,37-40,42-49,51-53,55-59H,3-4,6,8-10,13,16,19-36H2,1-2H3,(H,50,54)/b7-5-,12-11-,15-14-,18-17-. The molecule has 2 rings (SSSR count). The molecule has 2 aliphatic rings. The molecule has 366 valence electrons. The number of unbranched alkanes of at least 4 members (excludes halogenated alkanes) is 15. The van der Waals surface area contributed by atoms with Crippen LogP contribution in [0.15, 0.2) is 48.6 Å². The minimum atomic E-state index is -1.78. The summed E-state index contributed by atoms with van der Waals surface area (Å²) in [6, 6.07) is -0.828. The molecule has 12 atom stereocenters. The first-order valence-corrected chi connectivity index (χ1v) is 24.4. The minimum Gasteiger partial charge on any atom is -0.394 e. The van der Waals surface area contributed by atoms with Gasteiger partial charge in [-0.15, -0.1) is 0 Å². The summed E-state index contributed by atoms with van der Waals surface area (Å²) < 4.78 is 22.6. The van der Waals surface area contributed by atoms with E-state index in [2.05, 4.69) is 67.8 Å². The Bertz CT molecular complexity index is 1250. The van der Waals surface area contributed by atoms with Crippen LogP contribution in [-0.4, -0.2) is 140 Å². The summed E-state index contributed by atoms with van der Waals surface area (Å²) in [4.78, 5) is 13.1. The van der Waals surface area contributed by atoms with E-state index in [9.17, 15) is 45.6 Å². The van der Waals surface area contributed by atoms with Crippen LogP contribution in [0.2, 0.25) is 0 Å². The molecule has 2 heterocycles. The lowest BCUT2D eigenvalue weighted by molar-refractivity contribution is -0.359. The lowest BCUT2D eigenvalue weighted by Gasteiger charge is -2.46. The van der Waals surface area contributed by atoms with Gasteiger partial charge in [-0.25, -0.2) is 0 Å². The average molecular weight is 898 g/mol. The van der Waals surface area contributed by atoms with Crippen molar-refractivity contribution in [2.45, 2.75) is 235 Å². The summed E-state index contributed by atoms with van der Waals surface area (Å²) in [5, 5.41) is 86.4. The zero-order valence-electron chi connectivity index (χ0n) is 38.6. The van der Waals surface area contributed by atoms with Crippen LogP contribution in [0.5, 0.6) is 0 Å². The van der Waals surface area contributed by atoms with Gasteiger partial charge in [0.2, 0.25) is 5.91 Å². The number of hydrogen-bond acceptors (Lipinski definition) is 13. The molecule has 14 heteroatoms. The number of aliphatic hydroxyl groups is 8. The summed E-state index contributed by atoms with van der Waals surface area (Å²) in [5.41, 5.74) is 0. The molecule has 0 saturated carbocycles. The van der Waals surface area contributed by atoms with Gasteiger partial charge in [-0.1, -0.05) is 152 Å². The zero-order chi connectivity index (χ0) is 46.1. The van der Waals surface area contributed by atoms with Crippen molar-refractivity contribution in [2.24, 2.45) is 0 Å². The number of carbonyl (C=O) groups excluding carboxylic acids is 1. The van der Waals surface area contributed by atoms with E-state index in [1.807, 2.05) is 0 Å². The van der Waals surface area contributed by atoms with Crippen molar-refractivity contribution in [2.75, 3.05) is 19.8 Å². The highest BCUT2D eigenvalue weighted by Crippen LogP contribution is 2.30. The molecule has 0 radical (unpaired) electrons. The molecule has 2 fully saturated rings. The van der Waals surface area contributed by atoms with Crippen molar-refractivity contribution >= 4 is 5.91 Å². The Balaban J connectivity index is 1.72. The Morgan fingerprint density at radius 2 is 1.10 bits per heavy atom. The van der Waals surface area contributed by atoms with Crippen LogP contribution in [0.3, 0.4) is 0 Å². The largest absolute Gasteiger partial charge is 0.394 e. The van der Waals surface area contributed by atoms with Crippen molar-refractivity contribution in [1.29, 1.82) is 0 Å². The monoisotopic (exact) mass is 898 g/mol. The van der Waals surface area contributed by atoms with Gasteiger partial charge in [-0.2, -0.15) is 0 Å². The molecule has 0 aromatic rings. The van der Waals surface area contributed by atoms with Gasteiger partial charge < -0.3 is 65.1 Å². The van der Waals surface area contributed by atoms with E-state index in [0.717, 1.165) is 96.3 Å². The van der Waals surface area contributed by atoms with Gasteiger partial charge in [-0.05, 0) is 51.4 Å². The molecular formula is C49H87NO13. The topological polar surface area (TPSA) is 228 Å². The van der Waals surface area contributed by atoms with Crippen LogP contribution in [0, 0.1) is 0 Å². The number of allylic oxidation sites excluding steroid dienone is 8. The maximum absolute atomic E-state index is 13.1. The molecule has 0 aromatic carbocycles. The Morgan fingerprint density at radius 3 is 1.68 bits per heavy atom. The number of amides is 1. The normalized spacial score (nSPS) is 27.9. The first-order chi connectivity index (χ1) is 30.6. The van der Waals surface area contributed by atoms with E-state index in [1.54, 1.807) is 0 Å². The predicted molar refractivity (Wildman–Crippen MR) is 244 cm³/mol.